The SMILES string of the molecule is O=C(Cn1cnc2scc(-c3ccc(F)cc3)c2c1=O)NC1=NCCS1. The van der Waals surface area contributed by atoms with E-state index in [2.05, 4.69) is 15.3 Å². The van der Waals surface area contributed by atoms with Gasteiger partial charge in [0.2, 0.25) is 5.91 Å². The first kappa shape index (κ1) is 16.9. The van der Waals surface area contributed by atoms with Gasteiger partial charge >= 0.3 is 0 Å². The van der Waals surface area contributed by atoms with Crippen molar-refractivity contribution in [1.82, 2.24) is 14.9 Å². The quantitative estimate of drug-likeness (QED) is 0.748. The summed E-state index contributed by atoms with van der Waals surface area (Å²) in [5.74, 6) is 0.187. The van der Waals surface area contributed by atoms with E-state index in [1.807, 2.05) is 5.38 Å². The van der Waals surface area contributed by atoms with Gasteiger partial charge in [-0.15, -0.1) is 11.3 Å². The van der Waals surface area contributed by atoms with Crippen LogP contribution in [0.15, 0.2) is 45.8 Å². The second-order valence-corrected chi connectivity index (χ2v) is 7.54. The molecule has 26 heavy (non-hydrogen) atoms. The molecule has 0 aliphatic carbocycles. The smallest absolute Gasteiger partial charge is 0.263 e. The third-order valence-electron chi connectivity index (χ3n) is 3.86. The van der Waals surface area contributed by atoms with Crippen molar-refractivity contribution < 1.29 is 9.18 Å². The molecule has 1 aromatic carbocycles. The fourth-order valence-corrected chi connectivity index (χ4v) is 4.30. The lowest BCUT2D eigenvalue weighted by Gasteiger charge is -2.07. The molecule has 4 rings (SSSR count). The van der Waals surface area contributed by atoms with Gasteiger partial charge < -0.3 is 5.32 Å². The van der Waals surface area contributed by atoms with Gasteiger partial charge in [0.05, 0.1) is 18.3 Å². The summed E-state index contributed by atoms with van der Waals surface area (Å²) in [6.07, 6.45) is 1.37. The van der Waals surface area contributed by atoms with Crippen LogP contribution in [0.4, 0.5) is 4.39 Å². The molecule has 1 amide bonds. The van der Waals surface area contributed by atoms with Crippen LogP contribution in [-0.2, 0) is 11.3 Å². The number of benzene rings is 1. The molecule has 3 aromatic rings. The van der Waals surface area contributed by atoms with Crippen molar-refractivity contribution in [2.75, 3.05) is 12.3 Å². The van der Waals surface area contributed by atoms with Crippen molar-refractivity contribution in [1.29, 1.82) is 0 Å². The van der Waals surface area contributed by atoms with Crippen LogP contribution in [-0.4, -0.2) is 32.9 Å². The number of thiophene rings is 1. The van der Waals surface area contributed by atoms with E-state index in [9.17, 15) is 14.0 Å². The molecule has 0 bridgehead atoms. The van der Waals surface area contributed by atoms with E-state index < -0.39 is 0 Å². The lowest BCUT2D eigenvalue weighted by Crippen LogP contribution is -2.34. The fourth-order valence-electron chi connectivity index (χ4n) is 2.65. The van der Waals surface area contributed by atoms with Crippen molar-refractivity contribution in [3.63, 3.8) is 0 Å². The largest absolute Gasteiger partial charge is 0.304 e. The zero-order valence-electron chi connectivity index (χ0n) is 13.4. The summed E-state index contributed by atoms with van der Waals surface area (Å²) in [7, 11) is 0. The minimum Gasteiger partial charge on any atom is -0.304 e. The molecule has 0 fully saturated rings. The number of rotatable bonds is 3. The summed E-state index contributed by atoms with van der Waals surface area (Å²) in [5.41, 5.74) is 1.12. The van der Waals surface area contributed by atoms with Gasteiger partial charge in [-0.25, -0.2) is 9.37 Å². The van der Waals surface area contributed by atoms with Crippen molar-refractivity contribution in [3.8, 4) is 11.1 Å². The highest BCUT2D eigenvalue weighted by atomic mass is 32.2. The molecule has 6 nitrogen and oxygen atoms in total. The van der Waals surface area contributed by atoms with E-state index in [0.29, 0.717) is 27.5 Å². The second kappa shape index (κ2) is 7.00. The van der Waals surface area contributed by atoms with Crippen LogP contribution < -0.4 is 10.9 Å². The number of nitrogens with one attached hydrogen (secondary N) is 1. The van der Waals surface area contributed by atoms with Crippen molar-refractivity contribution in [2.45, 2.75) is 6.54 Å². The molecule has 1 aliphatic rings. The topological polar surface area (TPSA) is 76.3 Å². The zero-order chi connectivity index (χ0) is 18.1. The summed E-state index contributed by atoms with van der Waals surface area (Å²) < 4.78 is 14.4. The number of halogens is 1. The maximum absolute atomic E-state index is 13.2. The second-order valence-electron chi connectivity index (χ2n) is 5.60. The monoisotopic (exact) mass is 388 g/mol. The molecule has 3 heterocycles. The van der Waals surface area contributed by atoms with Crippen molar-refractivity contribution >= 4 is 44.4 Å². The molecule has 1 aliphatic heterocycles. The number of fused-ring (bicyclic) bond motifs is 1. The molecule has 0 spiro atoms. The Morgan fingerprint density at radius 1 is 1.31 bits per heavy atom. The summed E-state index contributed by atoms with van der Waals surface area (Å²) in [5, 5.41) is 5.53. The van der Waals surface area contributed by atoms with Crippen LogP contribution in [0.1, 0.15) is 0 Å². The Morgan fingerprint density at radius 2 is 2.12 bits per heavy atom. The molecule has 132 valence electrons. The van der Waals surface area contributed by atoms with Gasteiger partial charge in [-0.05, 0) is 17.7 Å². The number of thioether (sulfide) groups is 1. The summed E-state index contributed by atoms with van der Waals surface area (Å²) in [4.78, 5) is 34.0. The lowest BCUT2D eigenvalue weighted by atomic mass is 10.1. The minimum atomic E-state index is -0.340. The van der Waals surface area contributed by atoms with Crippen LogP contribution in [0, 0.1) is 5.82 Å². The van der Waals surface area contributed by atoms with Crippen LogP contribution >= 0.6 is 23.1 Å². The molecular weight excluding hydrogens is 375 g/mol. The first-order chi connectivity index (χ1) is 12.6. The van der Waals surface area contributed by atoms with Gasteiger partial charge in [-0.1, -0.05) is 23.9 Å². The highest BCUT2D eigenvalue weighted by molar-refractivity contribution is 8.14. The predicted molar refractivity (Wildman–Crippen MR) is 102 cm³/mol. The number of nitrogens with zero attached hydrogens (tertiary/aromatic N) is 3. The average Bonchev–Trinajstić information content (AvgIpc) is 3.28. The first-order valence-electron chi connectivity index (χ1n) is 7.81. The Labute approximate surface area is 155 Å². The number of amides is 1. The molecule has 1 N–H and O–H groups in total. The highest BCUT2D eigenvalue weighted by Gasteiger charge is 2.16. The maximum atomic E-state index is 13.2. The van der Waals surface area contributed by atoms with Gasteiger partial charge in [0.1, 0.15) is 17.2 Å². The molecule has 0 saturated heterocycles. The Morgan fingerprint density at radius 3 is 2.85 bits per heavy atom. The summed E-state index contributed by atoms with van der Waals surface area (Å²) in [6.45, 7) is 0.545. The average molecular weight is 388 g/mol. The number of amidine groups is 1. The number of aromatic nitrogens is 2. The molecule has 2 aromatic heterocycles. The lowest BCUT2D eigenvalue weighted by molar-refractivity contribution is -0.120. The zero-order valence-corrected chi connectivity index (χ0v) is 15.1. The number of hydrogen-bond donors (Lipinski definition) is 1. The molecule has 0 unspecified atom stereocenters. The van der Waals surface area contributed by atoms with Crippen LogP contribution in [0.3, 0.4) is 0 Å². The Kier molecular flexibility index (Phi) is 4.56. The van der Waals surface area contributed by atoms with E-state index in [1.54, 1.807) is 12.1 Å². The predicted octanol–water partition coefficient (Wildman–Crippen LogP) is 2.48. The van der Waals surface area contributed by atoms with Crippen LogP contribution in [0.2, 0.25) is 0 Å². The van der Waals surface area contributed by atoms with E-state index in [-0.39, 0.29) is 23.8 Å². The van der Waals surface area contributed by atoms with E-state index in [4.69, 9.17) is 0 Å². The number of carbonyl (C=O) groups is 1. The maximum Gasteiger partial charge on any atom is 0.263 e. The van der Waals surface area contributed by atoms with Crippen molar-refractivity contribution in [2.24, 2.45) is 4.99 Å². The minimum absolute atomic E-state index is 0.139. The molecule has 0 radical (unpaired) electrons. The number of hydrogen-bond acceptors (Lipinski definition) is 6. The Hall–Kier alpha value is -2.52. The van der Waals surface area contributed by atoms with Gasteiger partial charge in [0.15, 0.2) is 5.17 Å². The fraction of sp³-hybridized carbons (Fsp3) is 0.176. The van der Waals surface area contributed by atoms with E-state index in [0.717, 1.165) is 11.3 Å². The van der Waals surface area contributed by atoms with Gasteiger partial charge in [0.25, 0.3) is 5.56 Å². The van der Waals surface area contributed by atoms with Gasteiger partial charge in [0, 0.05) is 16.7 Å². The standard InChI is InChI=1S/C17H13FN4O2S2/c18-11-3-1-10(2-4-11)12-8-26-15-14(12)16(24)22(9-20-15)7-13(23)21-17-19-5-6-25-17/h1-4,8-9H,5-7H2,(H,19,21,23). The third kappa shape index (κ3) is 3.27. The summed E-state index contributed by atoms with van der Waals surface area (Å²) in [6, 6.07) is 5.94. The van der Waals surface area contributed by atoms with Crippen LogP contribution in [0.25, 0.3) is 21.3 Å². The Bertz CT molecular complexity index is 1070. The summed E-state index contributed by atoms with van der Waals surface area (Å²) >= 11 is 2.82. The highest BCUT2D eigenvalue weighted by Crippen LogP contribution is 2.30. The van der Waals surface area contributed by atoms with E-state index >= 15 is 0 Å². The number of aliphatic imine (C=N–C) groups is 1. The molecule has 9 heteroatoms. The van der Waals surface area contributed by atoms with Crippen molar-refractivity contribution in [3.05, 3.63) is 52.1 Å². The van der Waals surface area contributed by atoms with Gasteiger partial charge in [-0.2, -0.15) is 0 Å². The van der Waals surface area contributed by atoms with Gasteiger partial charge in [-0.3, -0.25) is 19.1 Å². The number of carbonyl (C=O) groups excluding carboxylic acids is 1. The van der Waals surface area contributed by atoms with Crippen LogP contribution in [0.5, 0.6) is 0 Å². The Balaban J connectivity index is 1.67. The molecular formula is C17H13FN4O2S2. The normalized spacial score (nSPS) is 13.8. The first-order valence-corrected chi connectivity index (χ1v) is 9.68. The van der Waals surface area contributed by atoms with E-state index in [1.165, 1.54) is 46.1 Å². The molecule has 0 saturated carbocycles. The molecule has 0 atom stereocenters. The third-order valence-corrected chi connectivity index (χ3v) is 5.64.